The summed E-state index contributed by atoms with van der Waals surface area (Å²) in [6.07, 6.45) is 6.23. The zero-order valence-electron chi connectivity index (χ0n) is 11.9. The van der Waals surface area contributed by atoms with Crippen LogP contribution in [0.5, 0.6) is 0 Å². The van der Waals surface area contributed by atoms with E-state index in [9.17, 15) is 4.79 Å². The lowest BCUT2D eigenvalue weighted by molar-refractivity contribution is -0.111. The quantitative estimate of drug-likeness (QED) is 0.751. The molecule has 0 radical (unpaired) electrons. The minimum absolute atomic E-state index is 0.230. The van der Waals surface area contributed by atoms with Gasteiger partial charge >= 0.3 is 0 Å². The summed E-state index contributed by atoms with van der Waals surface area (Å²) in [7, 11) is 1.87. The highest BCUT2D eigenvalue weighted by Crippen LogP contribution is 2.20. The topological polar surface area (TPSA) is 73.0 Å². The highest BCUT2D eigenvalue weighted by atomic mass is 16.3. The maximum Gasteiger partial charge on any atom is 0.248 e. The average Bonchev–Trinajstić information content (AvgIpc) is 3.16. The molecular formula is C16H14N4O2. The number of anilines is 1. The van der Waals surface area contributed by atoms with Crippen molar-refractivity contribution in [1.82, 2.24) is 14.8 Å². The van der Waals surface area contributed by atoms with Crippen molar-refractivity contribution in [3.8, 4) is 11.4 Å². The van der Waals surface area contributed by atoms with Crippen LogP contribution in [0.25, 0.3) is 17.5 Å². The van der Waals surface area contributed by atoms with Crippen molar-refractivity contribution in [2.45, 2.75) is 0 Å². The first kappa shape index (κ1) is 13.8. The van der Waals surface area contributed by atoms with Crippen molar-refractivity contribution >= 4 is 17.7 Å². The van der Waals surface area contributed by atoms with Gasteiger partial charge < -0.3 is 14.3 Å². The maximum absolute atomic E-state index is 11.9. The Morgan fingerprint density at radius 3 is 2.95 bits per heavy atom. The van der Waals surface area contributed by atoms with E-state index in [1.165, 1.54) is 6.08 Å². The molecule has 0 spiro atoms. The number of hydrogen-bond donors (Lipinski definition) is 1. The molecule has 0 aliphatic heterocycles. The number of furan rings is 1. The van der Waals surface area contributed by atoms with Crippen LogP contribution in [-0.4, -0.2) is 20.7 Å². The molecule has 1 N–H and O–H groups in total. The number of hydrogen-bond acceptors (Lipinski definition) is 4. The van der Waals surface area contributed by atoms with E-state index in [2.05, 4.69) is 15.5 Å². The number of aryl methyl sites for hydroxylation is 1. The Labute approximate surface area is 127 Å². The van der Waals surface area contributed by atoms with Gasteiger partial charge in [-0.3, -0.25) is 4.79 Å². The van der Waals surface area contributed by atoms with Crippen molar-refractivity contribution in [2.75, 3.05) is 5.32 Å². The fraction of sp³-hybridized carbons (Fsp3) is 0.0625. The van der Waals surface area contributed by atoms with E-state index in [1.807, 2.05) is 35.9 Å². The summed E-state index contributed by atoms with van der Waals surface area (Å²) in [6.45, 7) is 0. The van der Waals surface area contributed by atoms with Crippen LogP contribution in [0, 0.1) is 0 Å². The van der Waals surface area contributed by atoms with Gasteiger partial charge in [0, 0.05) is 24.4 Å². The van der Waals surface area contributed by atoms with E-state index < -0.39 is 0 Å². The number of nitrogens with zero attached hydrogens (tertiary/aromatic N) is 3. The third-order valence-electron chi connectivity index (χ3n) is 3.04. The Morgan fingerprint density at radius 2 is 2.23 bits per heavy atom. The first-order chi connectivity index (χ1) is 10.7. The normalized spacial score (nSPS) is 11.0. The van der Waals surface area contributed by atoms with Crippen molar-refractivity contribution in [3.63, 3.8) is 0 Å². The molecule has 0 fully saturated rings. The number of benzene rings is 1. The van der Waals surface area contributed by atoms with Gasteiger partial charge in [0.15, 0.2) is 5.82 Å². The molecule has 1 aromatic carbocycles. The number of carbonyl (C=O) groups is 1. The minimum Gasteiger partial charge on any atom is -0.465 e. The lowest BCUT2D eigenvalue weighted by Crippen LogP contribution is -2.07. The van der Waals surface area contributed by atoms with Gasteiger partial charge in [0.25, 0.3) is 0 Å². The maximum atomic E-state index is 11.9. The third-order valence-corrected chi connectivity index (χ3v) is 3.04. The Morgan fingerprint density at radius 1 is 1.32 bits per heavy atom. The zero-order chi connectivity index (χ0) is 15.4. The van der Waals surface area contributed by atoms with Crippen molar-refractivity contribution < 1.29 is 9.21 Å². The fourth-order valence-electron chi connectivity index (χ4n) is 2.01. The van der Waals surface area contributed by atoms with Gasteiger partial charge in [-0.1, -0.05) is 12.1 Å². The minimum atomic E-state index is -0.230. The Hall–Kier alpha value is -3.15. The molecule has 6 nitrogen and oxygen atoms in total. The van der Waals surface area contributed by atoms with Crippen LogP contribution in [-0.2, 0) is 11.8 Å². The molecule has 110 valence electrons. The average molecular weight is 294 g/mol. The summed E-state index contributed by atoms with van der Waals surface area (Å²) in [6, 6.07) is 11.0. The SMILES string of the molecule is Cn1cnnc1-c1cccc(NC(=O)C=Cc2ccco2)c1. The second-order valence-electron chi connectivity index (χ2n) is 4.68. The largest absolute Gasteiger partial charge is 0.465 e. The van der Waals surface area contributed by atoms with Crippen LogP contribution >= 0.6 is 0 Å². The van der Waals surface area contributed by atoms with Gasteiger partial charge in [0.05, 0.1) is 6.26 Å². The Kier molecular flexibility index (Phi) is 3.82. The molecular weight excluding hydrogens is 280 g/mol. The summed E-state index contributed by atoms with van der Waals surface area (Å²) in [5.41, 5.74) is 1.57. The molecule has 22 heavy (non-hydrogen) atoms. The lowest BCUT2D eigenvalue weighted by atomic mass is 10.2. The van der Waals surface area contributed by atoms with E-state index >= 15 is 0 Å². The molecule has 2 heterocycles. The van der Waals surface area contributed by atoms with E-state index in [1.54, 1.807) is 30.8 Å². The summed E-state index contributed by atoms with van der Waals surface area (Å²) >= 11 is 0. The fourth-order valence-corrected chi connectivity index (χ4v) is 2.01. The first-order valence-electron chi connectivity index (χ1n) is 6.69. The van der Waals surface area contributed by atoms with Crippen molar-refractivity contribution in [2.24, 2.45) is 7.05 Å². The third kappa shape index (κ3) is 3.12. The number of carbonyl (C=O) groups excluding carboxylic acids is 1. The van der Waals surface area contributed by atoms with Gasteiger partial charge in [-0.05, 0) is 30.3 Å². The monoisotopic (exact) mass is 294 g/mol. The highest BCUT2D eigenvalue weighted by molar-refractivity contribution is 6.02. The van der Waals surface area contributed by atoms with Crippen LogP contribution in [0.2, 0.25) is 0 Å². The molecule has 6 heteroatoms. The van der Waals surface area contributed by atoms with Crippen LogP contribution in [0.15, 0.2) is 59.5 Å². The van der Waals surface area contributed by atoms with E-state index in [0.29, 0.717) is 11.4 Å². The summed E-state index contributed by atoms with van der Waals surface area (Å²) in [5, 5.41) is 10.7. The first-order valence-corrected chi connectivity index (χ1v) is 6.69. The number of rotatable bonds is 4. The van der Waals surface area contributed by atoms with Crippen molar-refractivity contribution in [1.29, 1.82) is 0 Å². The predicted molar refractivity (Wildman–Crippen MR) is 82.8 cm³/mol. The summed E-state index contributed by atoms with van der Waals surface area (Å²) in [4.78, 5) is 11.9. The van der Waals surface area contributed by atoms with Crippen LogP contribution in [0.4, 0.5) is 5.69 Å². The van der Waals surface area contributed by atoms with Crippen LogP contribution < -0.4 is 5.32 Å². The van der Waals surface area contributed by atoms with Crippen molar-refractivity contribution in [3.05, 3.63) is 60.8 Å². The molecule has 3 aromatic rings. The molecule has 0 aliphatic carbocycles. The Balaban J connectivity index is 1.73. The lowest BCUT2D eigenvalue weighted by Gasteiger charge is -2.05. The zero-order valence-corrected chi connectivity index (χ0v) is 11.9. The van der Waals surface area contributed by atoms with E-state index in [4.69, 9.17) is 4.42 Å². The van der Waals surface area contributed by atoms with Crippen LogP contribution in [0.3, 0.4) is 0 Å². The van der Waals surface area contributed by atoms with E-state index in [-0.39, 0.29) is 5.91 Å². The number of nitrogens with one attached hydrogen (secondary N) is 1. The predicted octanol–water partition coefficient (Wildman–Crippen LogP) is 2.73. The molecule has 2 aromatic heterocycles. The highest BCUT2D eigenvalue weighted by Gasteiger charge is 2.06. The Bertz CT molecular complexity index is 803. The van der Waals surface area contributed by atoms with Gasteiger partial charge in [-0.25, -0.2) is 0 Å². The molecule has 0 saturated carbocycles. The second kappa shape index (κ2) is 6.09. The molecule has 3 rings (SSSR count). The standard InChI is InChI=1S/C16H14N4O2/c1-20-11-17-19-16(20)12-4-2-5-13(10-12)18-15(21)8-7-14-6-3-9-22-14/h2-11H,1H3,(H,18,21). The molecule has 0 atom stereocenters. The summed E-state index contributed by atoms with van der Waals surface area (Å²) < 4.78 is 6.95. The van der Waals surface area contributed by atoms with Gasteiger partial charge in [0.1, 0.15) is 12.1 Å². The summed E-state index contributed by atoms with van der Waals surface area (Å²) in [5.74, 6) is 1.14. The molecule has 1 amide bonds. The number of amides is 1. The molecule has 0 bridgehead atoms. The van der Waals surface area contributed by atoms with Crippen LogP contribution in [0.1, 0.15) is 5.76 Å². The van der Waals surface area contributed by atoms with Gasteiger partial charge in [0.2, 0.25) is 5.91 Å². The van der Waals surface area contributed by atoms with Gasteiger partial charge in [-0.15, -0.1) is 10.2 Å². The number of aromatic nitrogens is 3. The smallest absolute Gasteiger partial charge is 0.248 e. The molecule has 0 saturated heterocycles. The van der Waals surface area contributed by atoms with E-state index in [0.717, 1.165) is 11.4 Å². The van der Waals surface area contributed by atoms with Gasteiger partial charge in [-0.2, -0.15) is 0 Å². The second-order valence-corrected chi connectivity index (χ2v) is 4.68. The molecule has 0 unspecified atom stereocenters. The molecule has 0 aliphatic rings.